The zero-order valence-corrected chi connectivity index (χ0v) is 8.50. The maximum atomic E-state index is 11.7. The van der Waals surface area contributed by atoms with Crippen LogP contribution in [-0.4, -0.2) is 11.1 Å². The Morgan fingerprint density at radius 2 is 1.75 bits per heavy atom. The lowest BCUT2D eigenvalue weighted by molar-refractivity contribution is -0.893. The molecule has 80 valence electrons. The molecule has 4 nitrogen and oxygen atoms in total. The number of anilines is 1. The van der Waals surface area contributed by atoms with E-state index in [-0.39, 0.29) is 5.91 Å². The van der Waals surface area contributed by atoms with E-state index in [9.17, 15) is 10.0 Å². The summed E-state index contributed by atoms with van der Waals surface area (Å²) in [5.74, 6) is 0.0750. The third-order valence-electron chi connectivity index (χ3n) is 2.12. The van der Waals surface area contributed by atoms with Crippen molar-refractivity contribution in [1.82, 2.24) is 0 Å². The Morgan fingerprint density at radius 3 is 2.44 bits per heavy atom. The number of hydrogen-bond donors (Lipinski definition) is 2. The van der Waals surface area contributed by atoms with Gasteiger partial charge in [-0.3, -0.25) is 0 Å². The molecule has 0 spiro atoms. The van der Waals surface area contributed by atoms with Crippen LogP contribution in [0.25, 0.3) is 0 Å². The van der Waals surface area contributed by atoms with Crippen molar-refractivity contribution < 1.29 is 14.7 Å². The SMILES string of the molecule is O=C(Nc1cccc[n+]1O)c1ccccc1. The van der Waals surface area contributed by atoms with Crippen LogP contribution >= 0.6 is 0 Å². The summed E-state index contributed by atoms with van der Waals surface area (Å²) in [6.45, 7) is 0. The number of nitrogens with zero attached hydrogens (tertiary/aromatic N) is 1. The van der Waals surface area contributed by atoms with Gasteiger partial charge in [0.25, 0.3) is 0 Å². The highest BCUT2D eigenvalue weighted by molar-refractivity contribution is 6.03. The molecule has 1 heterocycles. The van der Waals surface area contributed by atoms with E-state index in [1.54, 1.807) is 42.5 Å². The van der Waals surface area contributed by atoms with Crippen molar-refractivity contribution in [1.29, 1.82) is 0 Å². The van der Waals surface area contributed by atoms with Crippen LogP contribution in [0.2, 0.25) is 0 Å². The average Bonchev–Trinajstić information content (AvgIpc) is 2.33. The Bertz CT molecular complexity index is 497. The number of rotatable bonds is 2. The van der Waals surface area contributed by atoms with Crippen LogP contribution in [0.4, 0.5) is 5.82 Å². The zero-order valence-electron chi connectivity index (χ0n) is 8.50. The Kier molecular flexibility index (Phi) is 2.82. The number of carbonyl (C=O) groups is 1. The number of amides is 1. The molecule has 0 aliphatic rings. The van der Waals surface area contributed by atoms with E-state index in [4.69, 9.17) is 0 Å². The highest BCUT2D eigenvalue weighted by Crippen LogP contribution is 2.03. The van der Waals surface area contributed by atoms with Gasteiger partial charge in [-0.15, -0.1) is 0 Å². The Morgan fingerprint density at radius 1 is 1.06 bits per heavy atom. The molecule has 0 aliphatic carbocycles. The van der Waals surface area contributed by atoms with Gasteiger partial charge in [-0.05, 0) is 18.2 Å². The molecule has 1 aromatic carbocycles. The molecule has 1 aromatic heterocycles. The molecule has 1 amide bonds. The van der Waals surface area contributed by atoms with E-state index in [0.29, 0.717) is 11.4 Å². The van der Waals surface area contributed by atoms with Gasteiger partial charge in [0.15, 0.2) is 0 Å². The molecule has 16 heavy (non-hydrogen) atoms. The van der Waals surface area contributed by atoms with Gasteiger partial charge in [0.05, 0.1) is 5.56 Å². The smallest absolute Gasteiger partial charge is 0.339 e. The standard InChI is InChI=1S/C12H10N2O2/c15-12(10-6-2-1-3-7-10)13-11-8-4-5-9-14(11)16/h1-9,16H/p+1. The molecule has 2 N–H and O–H groups in total. The molecule has 0 bridgehead atoms. The summed E-state index contributed by atoms with van der Waals surface area (Å²) in [5, 5.41) is 12.0. The molecule has 0 saturated carbocycles. The number of nitrogens with one attached hydrogen (secondary N) is 1. The first kappa shape index (κ1) is 10.2. The van der Waals surface area contributed by atoms with Gasteiger partial charge < -0.3 is 5.21 Å². The van der Waals surface area contributed by atoms with E-state index in [0.717, 1.165) is 4.73 Å². The highest BCUT2D eigenvalue weighted by atomic mass is 16.5. The number of hydrogen-bond acceptors (Lipinski definition) is 2. The van der Waals surface area contributed by atoms with E-state index < -0.39 is 0 Å². The number of benzene rings is 1. The molecule has 0 aliphatic heterocycles. The zero-order chi connectivity index (χ0) is 11.4. The Labute approximate surface area is 92.7 Å². The van der Waals surface area contributed by atoms with Crippen molar-refractivity contribution in [2.24, 2.45) is 0 Å². The monoisotopic (exact) mass is 215 g/mol. The summed E-state index contributed by atoms with van der Waals surface area (Å²) >= 11 is 0. The molecular formula is C12H11N2O2+. The second-order valence-corrected chi connectivity index (χ2v) is 3.25. The molecule has 0 unspecified atom stereocenters. The summed E-state index contributed by atoms with van der Waals surface area (Å²) in [6, 6.07) is 13.8. The Hall–Kier alpha value is -2.36. The summed E-state index contributed by atoms with van der Waals surface area (Å²) in [6.07, 6.45) is 1.45. The van der Waals surface area contributed by atoms with E-state index >= 15 is 0 Å². The third-order valence-corrected chi connectivity index (χ3v) is 2.12. The van der Waals surface area contributed by atoms with Crippen LogP contribution in [0.1, 0.15) is 10.4 Å². The lowest BCUT2D eigenvalue weighted by Crippen LogP contribution is -2.34. The lowest BCUT2D eigenvalue weighted by atomic mass is 10.2. The maximum Gasteiger partial charge on any atom is 0.339 e. The minimum atomic E-state index is -0.255. The summed E-state index contributed by atoms with van der Waals surface area (Å²) in [7, 11) is 0. The molecule has 4 heteroatoms. The largest absolute Gasteiger partial charge is 0.350 e. The van der Waals surface area contributed by atoms with Gasteiger partial charge in [-0.25, -0.2) is 10.1 Å². The minimum absolute atomic E-state index is 0.255. The fourth-order valence-corrected chi connectivity index (χ4v) is 1.31. The molecule has 0 saturated heterocycles. The van der Waals surface area contributed by atoms with Gasteiger partial charge in [-0.1, -0.05) is 29.0 Å². The first-order chi connectivity index (χ1) is 7.77. The second-order valence-electron chi connectivity index (χ2n) is 3.25. The Balaban J connectivity index is 2.18. The second kappa shape index (κ2) is 4.44. The van der Waals surface area contributed by atoms with Gasteiger partial charge in [0.2, 0.25) is 0 Å². The fraction of sp³-hybridized carbons (Fsp3) is 0. The summed E-state index contributed by atoms with van der Waals surface area (Å²) in [5.41, 5.74) is 0.548. The molecule has 0 fully saturated rings. The van der Waals surface area contributed by atoms with E-state index in [1.807, 2.05) is 6.07 Å². The number of pyridine rings is 1. The highest BCUT2D eigenvalue weighted by Gasteiger charge is 2.14. The van der Waals surface area contributed by atoms with E-state index in [2.05, 4.69) is 5.32 Å². The molecule has 0 atom stereocenters. The topological polar surface area (TPSA) is 53.2 Å². The fourth-order valence-electron chi connectivity index (χ4n) is 1.31. The van der Waals surface area contributed by atoms with Crippen molar-refractivity contribution in [3.05, 3.63) is 60.3 Å². The maximum absolute atomic E-state index is 11.7. The van der Waals surface area contributed by atoms with Crippen LogP contribution < -0.4 is 10.0 Å². The predicted molar refractivity (Wildman–Crippen MR) is 58.2 cm³/mol. The van der Waals surface area contributed by atoms with Gasteiger partial charge in [0.1, 0.15) is 6.20 Å². The summed E-state index contributed by atoms with van der Waals surface area (Å²) in [4.78, 5) is 11.7. The number of carbonyl (C=O) groups excluding carboxylic acids is 1. The molecule has 2 rings (SSSR count). The van der Waals surface area contributed by atoms with Crippen LogP contribution in [0.15, 0.2) is 54.7 Å². The average molecular weight is 215 g/mol. The van der Waals surface area contributed by atoms with Crippen molar-refractivity contribution in [3.63, 3.8) is 0 Å². The molecule has 2 aromatic rings. The third kappa shape index (κ3) is 2.17. The van der Waals surface area contributed by atoms with Crippen molar-refractivity contribution >= 4 is 11.7 Å². The van der Waals surface area contributed by atoms with Crippen LogP contribution in [0.3, 0.4) is 0 Å². The molecular weight excluding hydrogens is 204 g/mol. The lowest BCUT2D eigenvalue weighted by Gasteiger charge is -1.99. The van der Waals surface area contributed by atoms with Crippen molar-refractivity contribution in [2.45, 2.75) is 0 Å². The molecule has 0 radical (unpaired) electrons. The number of aromatic nitrogens is 1. The van der Waals surface area contributed by atoms with E-state index in [1.165, 1.54) is 6.20 Å². The van der Waals surface area contributed by atoms with Crippen LogP contribution in [-0.2, 0) is 0 Å². The van der Waals surface area contributed by atoms with Gasteiger partial charge >= 0.3 is 11.7 Å². The quantitative estimate of drug-likeness (QED) is 0.588. The van der Waals surface area contributed by atoms with Crippen molar-refractivity contribution in [3.8, 4) is 0 Å². The van der Waals surface area contributed by atoms with Gasteiger partial charge in [0, 0.05) is 6.07 Å². The first-order valence-electron chi connectivity index (χ1n) is 4.84. The van der Waals surface area contributed by atoms with Crippen molar-refractivity contribution in [2.75, 3.05) is 5.32 Å². The normalized spacial score (nSPS) is 9.75. The van der Waals surface area contributed by atoms with Crippen LogP contribution in [0.5, 0.6) is 0 Å². The summed E-state index contributed by atoms with van der Waals surface area (Å²) < 4.78 is 0.862. The predicted octanol–water partition coefficient (Wildman–Crippen LogP) is 1.46. The minimum Gasteiger partial charge on any atom is -0.350 e. The first-order valence-corrected chi connectivity index (χ1v) is 4.84. The van der Waals surface area contributed by atoms with Gasteiger partial charge in [-0.2, -0.15) is 0 Å². The van der Waals surface area contributed by atoms with Crippen LogP contribution in [0, 0.1) is 0 Å².